The highest BCUT2D eigenvalue weighted by atomic mass is 16.1. The number of nitrogens with zero attached hydrogens (tertiary/aromatic N) is 2. The van der Waals surface area contributed by atoms with E-state index in [1.807, 2.05) is 25.3 Å². The summed E-state index contributed by atoms with van der Waals surface area (Å²) in [5.41, 5.74) is 1.81. The van der Waals surface area contributed by atoms with E-state index in [-0.39, 0.29) is 5.56 Å². The third kappa shape index (κ3) is 1.10. The predicted octanol–water partition coefficient (Wildman–Crippen LogP) is 1.90. The molecule has 3 aromatic heterocycles. The van der Waals surface area contributed by atoms with Gasteiger partial charge in [0, 0.05) is 35.8 Å². The van der Waals surface area contributed by atoms with Gasteiger partial charge >= 0.3 is 0 Å². The SMILES string of the molecule is CCn1c(=O)ccc2cnc3[nH]ccc3c21. The molecule has 4 nitrogen and oxygen atoms in total. The first-order valence-corrected chi connectivity index (χ1v) is 5.27. The van der Waals surface area contributed by atoms with E-state index < -0.39 is 0 Å². The molecule has 0 bridgehead atoms. The Hall–Kier alpha value is -2.10. The number of hydrogen-bond acceptors (Lipinski definition) is 2. The summed E-state index contributed by atoms with van der Waals surface area (Å²) in [6.07, 6.45) is 3.63. The lowest BCUT2D eigenvalue weighted by Gasteiger charge is -2.07. The Bertz CT molecular complexity index is 724. The average Bonchev–Trinajstić information content (AvgIpc) is 2.77. The first-order chi connectivity index (χ1) is 7.81. The number of fused-ring (bicyclic) bond motifs is 3. The molecule has 0 amide bonds. The van der Waals surface area contributed by atoms with E-state index in [4.69, 9.17) is 0 Å². The van der Waals surface area contributed by atoms with Crippen molar-refractivity contribution in [3.8, 4) is 0 Å². The Labute approximate surface area is 91.5 Å². The topological polar surface area (TPSA) is 50.7 Å². The maximum Gasteiger partial charge on any atom is 0.251 e. The molecule has 1 N–H and O–H groups in total. The molecule has 0 unspecified atom stereocenters. The molecule has 0 saturated heterocycles. The van der Waals surface area contributed by atoms with Crippen molar-refractivity contribution in [3.63, 3.8) is 0 Å². The van der Waals surface area contributed by atoms with Crippen molar-refractivity contribution >= 4 is 21.9 Å². The molecule has 0 aromatic carbocycles. The number of pyridine rings is 2. The molecule has 0 radical (unpaired) electrons. The standard InChI is InChI=1S/C12H11N3O/c1-2-15-10(16)4-3-8-7-14-12-9(11(8)15)5-6-13-12/h3-7H,2H2,1H3,(H,13,14). The number of aromatic amines is 1. The molecule has 16 heavy (non-hydrogen) atoms. The second-order valence-corrected chi connectivity index (χ2v) is 3.72. The molecule has 3 heterocycles. The van der Waals surface area contributed by atoms with Crippen molar-refractivity contribution in [2.24, 2.45) is 0 Å². The summed E-state index contributed by atoms with van der Waals surface area (Å²) in [5, 5.41) is 1.99. The number of aryl methyl sites for hydroxylation is 1. The summed E-state index contributed by atoms with van der Waals surface area (Å²) >= 11 is 0. The van der Waals surface area contributed by atoms with Gasteiger partial charge < -0.3 is 9.55 Å². The molecule has 0 aliphatic carbocycles. The van der Waals surface area contributed by atoms with Gasteiger partial charge in [-0.15, -0.1) is 0 Å². The van der Waals surface area contributed by atoms with Crippen LogP contribution in [0.4, 0.5) is 0 Å². The number of rotatable bonds is 1. The van der Waals surface area contributed by atoms with E-state index in [1.54, 1.807) is 16.8 Å². The highest BCUT2D eigenvalue weighted by Crippen LogP contribution is 2.21. The van der Waals surface area contributed by atoms with Crippen LogP contribution < -0.4 is 5.56 Å². The Morgan fingerprint density at radius 2 is 2.25 bits per heavy atom. The van der Waals surface area contributed by atoms with Gasteiger partial charge in [-0.3, -0.25) is 4.79 Å². The first kappa shape index (κ1) is 9.15. The third-order valence-corrected chi connectivity index (χ3v) is 2.84. The molecule has 0 spiro atoms. The Morgan fingerprint density at radius 1 is 1.38 bits per heavy atom. The highest BCUT2D eigenvalue weighted by Gasteiger charge is 2.07. The van der Waals surface area contributed by atoms with E-state index in [2.05, 4.69) is 9.97 Å². The van der Waals surface area contributed by atoms with Gasteiger partial charge in [0.25, 0.3) is 5.56 Å². The fourth-order valence-electron chi connectivity index (χ4n) is 2.11. The number of hydrogen-bond donors (Lipinski definition) is 1. The minimum Gasteiger partial charge on any atom is -0.346 e. The van der Waals surface area contributed by atoms with Gasteiger partial charge in [-0.2, -0.15) is 0 Å². The van der Waals surface area contributed by atoms with Gasteiger partial charge in [0.15, 0.2) is 0 Å². The maximum atomic E-state index is 11.8. The minimum atomic E-state index is 0.0312. The zero-order valence-electron chi connectivity index (χ0n) is 8.90. The monoisotopic (exact) mass is 213 g/mol. The fourth-order valence-corrected chi connectivity index (χ4v) is 2.11. The minimum absolute atomic E-state index is 0.0312. The molecule has 80 valence electrons. The lowest BCUT2D eigenvalue weighted by molar-refractivity contribution is 0.762. The number of aromatic nitrogens is 3. The van der Waals surface area contributed by atoms with Crippen LogP contribution in [0.5, 0.6) is 0 Å². The normalized spacial score (nSPS) is 11.3. The molecule has 0 aliphatic heterocycles. The van der Waals surface area contributed by atoms with Crippen LogP contribution in [-0.2, 0) is 6.54 Å². The number of H-pyrrole nitrogens is 1. The van der Waals surface area contributed by atoms with E-state index in [0.717, 1.165) is 21.9 Å². The van der Waals surface area contributed by atoms with Gasteiger partial charge in [0.2, 0.25) is 0 Å². The van der Waals surface area contributed by atoms with Crippen LogP contribution in [0.2, 0.25) is 0 Å². The molecule has 3 aromatic rings. The zero-order valence-corrected chi connectivity index (χ0v) is 8.90. The Kier molecular flexibility index (Phi) is 1.83. The van der Waals surface area contributed by atoms with Crippen molar-refractivity contribution in [1.82, 2.24) is 14.5 Å². The van der Waals surface area contributed by atoms with Crippen LogP contribution in [0.15, 0.2) is 35.4 Å². The van der Waals surface area contributed by atoms with E-state index >= 15 is 0 Å². The lowest BCUT2D eigenvalue weighted by Crippen LogP contribution is -2.18. The molecular weight excluding hydrogens is 202 g/mol. The molecule has 4 heteroatoms. The van der Waals surface area contributed by atoms with Crippen molar-refractivity contribution < 1.29 is 0 Å². The van der Waals surface area contributed by atoms with Crippen LogP contribution in [0, 0.1) is 0 Å². The van der Waals surface area contributed by atoms with Crippen LogP contribution in [0.1, 0.15) is 6.92 Å². The Balaban J connectivity index is 2.65. The van der Waals surface area contributed by atoms with Gasteiger partial charge in [0.1, 0.15) is 5.65 Å². The van der Waals surface area contributed by atoms with Crippen LogP contribution in [0.3, 0.4) is 0 Å². The second-order valence-electron chi connectivity index (χ2n) is 3.72. The van der Waals surface area contributed by atoms with Crippen molar-refractivity contribution in [1.29, 1.82) is 0 Å². The zero-order chi connectivity index (χ0) is 11.1. The average molecular weight is 213 g/mol. The van der Waals surface area contributed by atoms with Gasteiger partial charge in [-0.05, 0) is 19.1 Å². The van der Waals surface area contributed by atoms with Crippen molar-refractivity contribution in [2.45, 2.75) is 13.5 Å². The molecule has 0 fully saturated rings. The summed E-state index contributed by atoms with van der Waals surface area (Å²) < 4.78 is 1.77. The smallest absolute Gasteiger partial charge is 0.251 e. The van der Waals surface area contributed by atoms with Crippen molar-refractivity contribution in [3.05, 3.63) is 40.9 Å². The Morgan fingerprint density at radius 3 is 3.06 bits per heavy atom. The molecule has 0 aliphatic rings. The molecular formula is C12H11N3O. The fraction of sp³-hybridized carbons (Fsp3) is 0.167. The quantitative estimate of drug-likeness (QED) is 0.671. The van der Waals surface area contributed by atoms with Gasteiger partial charge in [0.05, 0.1) is 5.52 Å². The van der Waals surface area contributed by atoms with Gasteiger partial charge in [-0.1, -0.05) is 0 Å². The summed E-state index contributed by atoms with van der Waals surface area (Å²) in [6.45, 7) is 2.64. The van der Waals surface area contributed by atoms with E-state index in [1.165, 1.54) is 0 Å². The maximum absolute atomic E-state index is 11.8. The van der Waals surface area contributed by atoms with E-state index in [0.29, 0.717) is 6.54 Å². The summed E-state index contributed by atoms with van der Waals surface area (Å²) in [7, 11) is 0. The first-order valence-electron chi connectivity index (χ1n) is 5.27. The molecule has 0 saturated carbocycles. The van der Waals surface area contributed by atoms with Crippen LogP contribution >= 0.6 is 0 Å². The van der Waals surface area contributed by atoms with Crippen LogP contribution in [-0.4, -0.2) is 14.5 Å². The van der Waals surface area contributed by atoms with Gasteiger partial charge in [-0.25, -0.2) is 4.98 Å². The van der Waals surface area contributed by atoms with E-state index in [9.17, 15) is 4.79 Å². The predicted molar refractivity (Wildman–Crippen MR) is 63.5 cm³/mol. The second kappa shape index (κ2) is 3.20. The third-order valence-electron chi connectivity index (χ3n) is 2.84. The number of nitrogens with one attached hydrogen (secondary N) is 1. The summed E-state index contributed by atoms with van der Waals surface area (Å²) in [5.74, 6) is 0. The van der Waals surface area contributed by atoms with Crippen molar-refractivity contribution in [2.75, 3.05) is 0 Å². The highest BCUT2D eigenvalue weighted by molar-refractivity contribution is 6.02. The lowest BCUT2D eigenvalue weighted by atomic mass is 10.2. The summed E-state index contributed by atoms with van der Waals surface area (Å²) in [4.78, 5) is 19.1. The molecule has 0 atom stereocenters. The van der Waals surface area contributed by atoms with Crippen LogP contribution in [0.25, 0.3) is 21.9 Å². The largest absolute Gasteiger partial charge is 0.346 e. The summed E-state index contributed by atoms with van der Waals surface area (Å²) in [6, 6.07) is 5.37. The molecule has 3 rings (SSSR count).